The molecule has 0 aromatic rings. The fraction of sp³-hybridized carbons (Fsp3) is 0.647. The summed E-state index contributed by atoms with van der Waals surface area (Å²) in [6, 6.07) is -4.73. The van der Waals surface area contributed by atoms with Gasteiger partial charge in [-0.1, -0.05) is 0 Å². The number of hydrogen-bond donors (Lipinski definition) is 8. The highest BCUT2D eigenvalue weighted by atomic mass is 32.1. The van der Waals surface area contributed by atoms with Gasteiger partial charge in [-0.2, -0.15) is 12.6 Å². The SMILES string of the molecule is NC(=O)CC(NC(=O)C1CCCN1)C(=O)NC(CCC(=O)O)C(=O)NC(CS)C(=O)O. The Labute approximate surface area is 183 Å². The minimum atomic E-state index is -1.43. The van der Waals surface area contributed by atoms with E-state index in [9.17, 15) is 28.8 Å². The topological polar surface area (TPSA) is 217 Å². The number of carbonyl (C=O) groups excluding carboxylic acids is 4. The third kappa shape index (κ3) is 9.21. The van der Waals surface area contributed by atoms with Gasteiger partial charge in [0, 0.05) is 12.2 Å². The van der Waals surface area contributed by atoms with Gasteiger partial charge in [-0.25, -0.2) is 4.79 Å². The van der Waals surface area contributed by atoms with E-state index in [0.29, 0.717) is 13.0 Å². The van der Waals surface area contributed by atoms with Crippen LogP contribution in [0.3, 0.4) is 0 Å². The first-order chi connectivity index (χ1) is 14.5. The molecule has 1 aliphatic rings. The Kier molecular flexibility index (Phi) is 10.8. The number of aliphatic carboxylic acids is 2. The van der Waals surface area contributed by atoms with Gasteiger partial charge < -0.3 is 37.2 Å². The number of amides is 4. The van der Waals surface area contributed by atoms with Crippen LogP contribution < -0.4 is 27.0 Å². The van der Waals surface area contributed by atoms with E-state index in [1.54, 1.807) is 0 Å². The van der Waals surface area contributed by atoms with Gasteiger partial charge >= 0.3 is 11.9 Å². The number of carbonyl (C=O) groups is 6. The van der Waals surface area contributed by atoms with Crippen LogP contribution in [0.2, 0.25) is 0 Å². The summed E-state index contributed by atoms with van der Waals surface area (Å²) < 4.78 is 0. The Balaban J connectivity index is 2.91. The number of nitrogens with two attached hydrogens (primary N) is 1. The van der Waals surface area contributed by atoms with Gasteiger partial charge in [0.05, 0.1) is 12.5 Å². The molecule has 4 amide bonds. The Hall–Kier alpha value is -2.87. The minimum Gasteiger partial charge on any atom is -0.481 e. The first-order valence-corrected chi connectivity index (χ1v) is 10.2. The zero-order valence-corrected chi connectivity index (χ0v) is 17.5. The van der Waals surface area contributed by atoms with Gasteiger partial charge in [-0.3, -0.25) is 24.0 Å². The van der Waals surface area contributed by atoms with Gasteiger partial charge in [0.15, 0.2) is 0 Å². The Bertz CT molecular complexity index is 713. The maximum absolute atomic E-state index is 12.7. The van der Waals surface area contributed by atoms with Crippen LogP contribution in [0, 0.1) is 0 Å². The molecule has 13 nitrogen and oxygen atoms in total. The van der Waals surface area contributed by atoms with Crippen LogP contribution in [0.5, 0.6) is 0 Å². The van der Waals surface area contributed by atoms with Crippen LogP contribution in [0.25, 0.3) is 0 Å². The summed E-state index contributed by atoms with van der Waals surface area (Å²) in [6.45, 7) is 0.623. The quantitative estimate of drug-likeness (QED) is 0.130. The average Bonchev–Trinajstić information content (AvgIpc) is 3.22. The van der Waals surface area contributed by atoms with Gasteiger partial charge in [-0.15, -0.1) is 0 Å². The second kappa shape index (κ2) is 12.7. The number of primary amides is 1. The summed E-state index contributed by atoms with van der Waals surface area (Å²) in [4.78, 5) is 70.8. The predicted octanol–water partition coefficient (Wildman–Crippen LogP) is -3.05. The van der Waals surface area contributed by atoms with Crippen molar-refractivity contribution in [1.82, 2.24) is 21.3 Å². The smallest absolute Gasteiger partial charge is 0.327 e. The lowest BCUT2D eigenvalue weighted by Crippen LogP contribution is -2.57. The predicted molar refractivity (Wildman–Crippen MR) is 109 cm³/mol. The molecular weight excluding hydrogens is 434 g/mol. The first kappa shape index (κ1) is 26.2. The molecule has 1 aliphatic heterocycles. The summed E-state index contributed by atoms with van der Waals surface area (Å²) in [5, 5.41) is 27.7. The Morgan fingerprint density at radius 1 is 1.00 bits per heavy atom. The van der Waals surface area contributed by atoms with Gasteiger partial charge in [0.25, 0.3) is 0 Å². The van der Waals surface area contributed by atoms with Crippen molar-refractivity contribution in [3.8, 4) is 0 Å². The fourth-order valence-corrected chi connectivity index (χ4v) is 3.11. The molecule has 4 unspecified atom stereocenters. The number of nitrogens with one attached hydrogen (secondary N) is 4. The van der Waals surface area contributed by atoms with Crippen molar-refractivity contribution >= 4 is 48.2 Å². The molecule has 0 bridgehead atoms. The molecule has 174 valence electrons. The molecule has 1 rings (SSSR count). The van der Waals surface area contributed by atoms with Gasteiger partial charge in [0.2, 0.25) is 23.6 Å². The number of carboxylic acids is 2. The molecule has 0 saturated carbocycles. The lowest BCUT2D eigenvalue weighted by molar-refractivity contribution is -0.142. The highest BCUT2D eigenvalue weighted by Gasteiger charge is 2.32. The minimum absolute atomic E-state index is 0.241. The molecule has 14 heteroatoms. The second-order valence-electron chi connectivity index (χ2n) is 6.96. The molecule has 0 aromatic carbocycles. The van der Waals surface area contributed by atoms with E-state index in [4.69, 9.17) is 15.9 Å². The van der Waals surface area contributed by atoms with E-state index in [0.717, 1.165) is 6.42 Å². The molecule has 0 radical (unpaired) electrons. The third-order valence-corrected chi connectivity index (χ3v) is 4.86. The van der Waals surface area contributed by atoms with E-state index < -0.39 is 72.6 Å². The highest BCUT2D eigenvalue weighted by molar-refractivity contribution is 7.80. The molecule has 0 aromatic heterocycles. The Morgan fingerprint density at radius 3 is 2.10 bits per heavy atom. The van der Waals surface area contributed by atoms with Crippen molar-refractivity contribution in [2.45, 2.75) is 56.3 Å². The Morgan fingerprint density at radius 2 is 1.61 bits per heavy atom. The first-order valence-electron chi connectivity index (χ1n) is 9.53. The van der Waals surface area contributed by atoms with E-state index in [1.165, 1.54) is 0 Å². The molecular formula is C17H27N5O8S. The van der Waals surface area contributed by atoms with Crippen molar-refractivity contribution in [3.05, 3.63) is 0 Å². The van der Waals surface area contributed by atoms with Gasteiger partial charge in [0.1, 0.15) is 18.1 Å². The maximum Gasteiger partial charge on any atom is 0.327 e. The highest BCUT2D eigenvalue weighted by Crippen LogP contribution is 2.07. The summed E-state index contributed by atoms with van der Waals surface area (Å²) in [5.74, 6) is -6.14. The van der Waals surface area contributed by atoms with Crippen molar-refractivity contribution in [2.24, 2.45) is 5.73 Å². The standard InChI is InChI=1S/C17H27N5O8S/c18-12(23)6-10(21-14(26)8-2-1-5-19-8)16(28)20-9(3-4-13(24)25)15(27)22-11(7-31)17(29)30/h8-11,19,31H,1-7H2,(H2,18,23)(H,20,28)(H,21,26)(H,22,27)(H,24,25)(H,29,30). The lowest BCUT2D eigenvalue weighted by Gasteiger charge is -2.24. The normalized spacial score (nSPS) is 18.3. The molecule has 1 fully saturated rings. The van der Waals surface area contributed by atoms with Crippen molar-refractivity contribution in [3.63, 3.8) is 0 Å². The van der Waals surface area contributed by atoms with Crippen LogP contribution >= 0.6 is 12.6 Å². The van der Waals surface area contributed by atoms with Crippen molar-refractivity contribution in [1.29, 1.82) is 0 Å². The van der Waals surface area contributed by atoms with E-state index in [2.05, 4.69) is 33.9 Å². The molecule has 31 heavy (non-hydrogen) atoms. The second-order valence-corrected chi connectivity index (χ2v) is 7.32. The molecule has 8 N–H and O–H groups in total. The van der Waals surface area contributed by atoms with Crippen LogP contribution in [0.4, 0.5) is 0 Å². The average molecular weight is 461 g/mol. The van der Waals surface area contributed by atoms with Crippen molar-refractivity contribution in [2.75, 3.05) is 12.3 Å². The maximum atomic E-state index is 12.7. The van der Waals surface area contributed by atoms with Crippen LogP contribution in [-0.2, 0) is 28.8 Å². The summed E-state index contributed by atoms with van der Waals surface area (Å²) >= 11 is 3.82. The van der Waals surface area contributed by atoms with E-state index in [-0.39, 0.29) is 12.2 Å². The molecule has 0 spiro atoms. The lowest BCUT2D eigenvalue weighted by atomic mass is 10.1. The van der Waals surface area contributed by atoms with Crippen LogP contribution in [0.1, 0.15) is 32.1 Å². The third-order valence-electron chi connectivity index (χ3n) is 4.49. The van der Waals surface area contributed by atoms with Crippen LogP contribution in [0.15, 0.2) is 0 Å². The van der Waals surface area contributed by atoms with Crippen LogP contribution in [-0.4, -0.2) is 82.2 Å². The zero-order chi connectivity index (χ0) is 23.6. The fourth-order valence-electron chi connectivity index (χ4n) is 2.86. The number of thiol groups is 1. The van der Waals surface area contributed by atoms with E-state index >= 15 is 0 Å². The number of carboxylic acid groups (broad SMARTS) is 2. The summed E-state index contributed by atoms with van der Waals surface area (Å²) in [6.07, 6.45) is -0.103. The monoisotopic (exact) mass is 461 g/mol. The largest absolute Gasteiger partial charge is 0.481 e. The number of rotatable bonds is 13. The summed E-state index contributed by atoms with van der Waals surface area (Å²) in [5.41, 5.74) is 5.15. The van der Waals surface area contributed by atoms with Gasteiger partial charge in [-0.05, 0) is 25.8 Å². The molecule has 4 atom stereocenters. The summed E-state index contributed by atoms with van der Waals surface area (Å²) in [7, 11) is 0. The molecule has 1 heterocycles. The molecule has 1 saturated heterocycles. The zero-order valence-electron chi connectivity index (χ0n) is 16.6. The van der Waals surface area contributed by atoms with Crippen molar-refractivity contribution < 1.29 is 39.0 Å². The number of hydrogen-bond acceptors (Lipinski definition) is 8. The molecule has 0 aliphatic carbocycles. The van der Waals surface area contributed by atoms with E-state index in [1.807, 2.05) is 0 Å².